The summed E-state index contributed by atoms with van der Waals surface area (Å²) in [6, 6.07) is 0. The number of hydrogen-bond acceptors (Lipinski definition) is 4. The zero-order chi connectivity index (χ0) is 13.1. The van der Waals surface area contributed by atoms with Crippen LogP contribution in [0.2, 0.25) is 0 Å². The number of nitrogens with one attached hydrogen (secondary N) is 1. The van der Waals surface area contributed by atoms with Crippen molar-refractivity contribution in [2.75, 3.05) is 33.5 Å². The maximum atomic E-state index is 5.39. The van der Waals surface area contributed by atoms with E-state index in [1.165, 1.54) is 0 Å². The Morgan fingerprint density at radius 1 is 1.28 bits per heavy atom. The van der Waals surface area contributed by atoms with Gasteiger partial charge in [0.15, 0.2) is 0 Å². The Bertz CT molecular complexity index is 302. The molecular weight excluding hydrogens is 230 g/mol. The molecule has 1 aromatic rings. The number of aromatic nitrogens is 2. The molecule has 0 fully saturated rings. The molecule has 0 radical (unpaired) electrons. The molecule has 0 saturated heterocycles. The van der Waals surface area contributed by atoms with E-state index >= 15 is 0 Å². The first-order valence-electron chi connectivity index (χ1n) is 6.66. The fourth-order valence-corrected chi connectivity index (χ4v) is 1.69. The third kappa shape index (κ3) is 6.14. The molecule has 0 spiro atoms. The quantitative estimate of drug-likeness (QED) is 0.608. The summed E-state index contributed by atoms with van der Waals surface area (Å²) in [5.74, 6) is 1.11. The van der Waals surface area contributed by atoms with Crippen LogP contribution < -0.4 is 5.32 Å². The van der Waals surface area contributed by atoms with Crippen molar-refractivity contribution >= 4 is 0 Å². The third-order valence-corrected chi connectivity index (χ3v) is 2.75. The van der Waals surface area contributed by atoms with E-state index in [1.807, 2.05) is 12.4 Å². The first-order valence-corrected chi connectivity index (χ1v) is 6.66. The zero-order valence-electron chi connectivity index (χ0n) is 11.5. The second-order valence-electron chi connectivity index (χ2n) is 4.12. The van der Waals surface area contributed by atoms with Crippen molar-refractivity contribution in [3.8, 4) is 0 Å². The average Bonchev–Trinajstić information content (AvgIpc) is 2.84. The van der Waals surface area contributed by atoms with E-state index in [0.29, 0.717) is 13.2 Å². The maximum absolute atomic E-state index is 5.39. The van der Waals surface area contributed by atoms with Gasteiger partial charge in [-0.2, -0.15) is 0 Å². The van der Waals surface area contributed by atoms with Crippen LogP contribution in [0.5, 0.6) is 0 Å². The van der Waals surface area contributed by atoms with E-state index in [2.05, 4.69) is 21.8 Å². The number of imidazole rings is 1. The molecule has 1 aromatic heterocycles. The number of methoxy groups -OCH3 is 1. The van der Waals surface area contributed by atoms with E-state index in [1.54, 1.807) is 7.11 Å². The van der Waals surface area contributed by atoms with E-state index < -0.39 is 0 Å². The highest BCUT2D eigenvalue weighted by Gasteiger charge is 1.99. The summed E-state index contributed by atoms with van der Waals surface area (Å²) in [5, 5.41) is 3.40. The number of rotatable bonds is 11. The van der Waals surface area contributed by atoms with Gasteiger partial charge in [-0.15, -0.1) is 0 Å². The van der Waals surface area contributed by atoms with E-state index in [-0.39, 0.29) is 0 Å². The zero-order valence-corrected chi connectivity index (χ0v) is 11.5. The van der Waals surface area contributed by atoms with Crippen molar-refractivity contribution in [3.63, 3.8) is 0 Å². The number of hydrogen-bond donors (Lipinski definition) is 1. The Morgan fingerprint density at radius 3 is 2.94 bits per heavy atom. The van der Waals surface area contributed by atoms with Gasteiger partial charge in [0.05, 0.1) is 19.8 Å². The van der Waals surface area contributed by atoms with Gasteiger partial charge < -0.3 is 19.4 Å². The summed E-state index contributed by atoms with van der Waals surface area (Å²) in [7, 11) is 1.69. The molecule has 0 atom stereocenters. The Kier molecular flexibility index (Phi) is 8.46. The largest absolute Gasteiger partial charge is 0.382 e. The van der Waals surface area contributed by atoms with Crippen LogP contribution in [0.1, 0.15) is 25.6 Å². The lowest BCUT2D eigenvalue weighted by Crippen LogP contribution is -2.18. The lowest BCUT2D eigenvalue weighted by Gasteiger charge is -2.07. The SMILES string of the molecule is CCn1ccnc1CNCCCCOCCOC. The first kappa shape index (κ1) is 15.1. The van der Waals surface area contributed by atoms with Crippen LogP contribution in [0.4, 0.5) is 0 Å². The molecule has 104 valence electrons. The van der Waals surface area contributed by atoms with Crippen molar-refractivity contribution < 1.29 is 9.47 Å². The standard InChI is InChI=1S/C13H25N3O2/c1-3-16-8-7-15-13(16)12-14-6-4-5-9-18-11-10-17-2/h7-8,14H,3-6,9-12H2,1-2H3. The molecule has 5 nitrogen and oxygen atoms in total. The van der Waals surface area contributed by atoms with Gasteiger partial charge in [0.25, 0.3) is 0 Å². The molecule has 1 heterocycles. The highest BCUT2D eigenvalue weighted by Crippen LogP contribution is 1.97. The van der Waals surface area contributed by atoms with Crippen molar-refractivity contribution in [1.29, 1.82) is 0 Å². The minimum absolute atomic E-state index is 0.678. The van der Waals surface area contributed by atoms with Crippen LogP contribution in [0.25, 0.3) is 0 Å². The predicted molar refractivity (Wildman–Crippen MR) is 71.5 cm³/mol. The van der Waals surface area contributed by atoms with Crippen LogP contribution in [-0.4, -0.2) is 43.0 Å². The average molecular weight is 255 g/mol. The fourth-order valence-electron chi connectivity index (χ4n) is 1.69. The molecule has 0 aromatic carbocycles. The van der Waals surface area contributed by atoms with Gasteiger partial charge in [0.1, 0.15) is 5.82 Å². The Labute approximate surface area is 109 Å². The Morgan fingerprint density at radius 2 is 2.17 bits per heavy atom. The minimum Gasteiger partial charge on any atom is -0.382 e. The van der Waals surface area contributed by atoms with Crippen molar-refractivity contribution in [3.05, 3.63) is 18.2 Å². The first-order chi connectivity index (χ1) is 8.88. The fraction of sp³-hybridized carbons (Fsp3) is 0.769. The van der Waals surface area contributed by atoms with E-state index in [0.717, 1.165) is 44.9 Å². The predicted octanol–water partition coefficient (Wildman–Crippen LogP) is 1.44. The summed E-state index contributed by atoms with van der Waals surface area (Å²) in [4.78, 5) is 4.32. The van der Waals surface area contributed by atoms with Gasteiger partial charge >= 0.3 is 0 Å². The minimum atomic E-state index is 0.678. The van der Waals surface area contributed by atoms with Crippen LogP contribution >= 0.6 is 0 Å². The van der Waals surface area contributed by atoms with E-state index in [4.69, 9.17) is 9.47 Å². The molecule has 0 unspecified atom stereocenters. The molecule has 18 heavy (non-hydrogen) atoms. The second-order valence-corrected chi connectivity index (χ2v) is 4.12. The summed E-state index contributed by atoms with van der Waals surface area (Å²) in [6.45, 7) is 7.13. The number of nitrogens with zero attached hydrogens (tertiary/aromatic N) is 2. The highest BCUT2D eigenvalue weighted by molar-refractivity contribution is 4.91. The van der Waals surface area contributed by atoms with Gasteiger partial charge in [-0.1, -0.05) is 0 Å². The molecule has 0 aliphatic rings. The van der Waals surface area contributed by atoms with Crippen LogP contribution in [0.15, 0.2) is 12.4 Å². The number of aryl methyl sites for hydroxylation is 1. The van der Waals surface area contributed by atoms with Crippen molar-refractivity contribution in [2.24, 2.45) is 0 Å². The molecule has 0 saturated carbocycles. The molecule has 1 N–H and O–H groups in total. The molecule has 0 bridgehead atoms. The molecule has 1 rings (SSSR count). The lowest BCUT2D eigenvalue weighted by atomic mass is 10.3. The van der Waals surface area contributed by atoms with Gasteiger partial charge in [0, 0.05) is 32.7 Å². The molecular formula is C13H25N3O2. The van der Waals surface area contributed by atoms with Gasteiger partial charge in [0.2, 0.25) is 0 Å². The lowest BCUT2D eigenvalue weighted by molar-refractivity contribution is 0.0688. The summed E-state index contributed by atoms with van der Waals surface area (Å²) in [5.41, 5.74) is 0. The van der Waals surface area contributed by atoms with Crippen molar-refractivity contribution in [2.45, 2.75) is 32.9 Å². The summed E-state index contributed by atoms with van der Waals surface area (Å²) in [6.07, 6.45) is 6.07. The number of ether oxygens (including phenoxy) is 2. The summed E-state index contributed by atoms with van der Waals surface area (Å²) < 4.78 is 12.5. The Balaban J connectivity index is 1.92. The second kappa shape index (κ2) is 10.1. The molecule has 0 amide bonds. The normalized spacial score (nSPS) is 11.0. The topological polar surface area (TPSA) is 48.3 Å². The molecule has 5 heteroatoms. The van der Waals surface area contributed by atoms with Gasteiger partial charge in [-0.25, -0.2) is 4.98 Å². The summed E-state index contributed by atoms with van der Waals surface area (Å²) >= 11 is 0. The number of unbranched alkanes of at least 4 members (excludes halogenated alkanes) is 1. The third-order valence-electron chi connectivity index (χ3n) is 2.75. The Hall–Kier alpha value is -0.910. The molecule has 0 aliphatic heterocycles. The van der Waals surface area contributed by atoms with Gasteiger partial charge in [-0.05, 0) is 26.3 Å². The van der Waals surface area contributed by atoms with Crippen LogP contribution in [0.3, 0.4) is 0 Å². The highest BCUT2D eigenvalue weighted by atomic mass is 16.5. The maximum Gasteiger partial charge on any atom is 0.122 e. The van der Waals surface area contributed by atoms with Crippen molar-refractivity contribution in [1.82, 2.24) is 14.9 Å². The monoisotopic (exact) mass is 255 g/mol. The van der Waals surface area contributed by atoms with Crippen LogP contribution in [0, 0.1) is 0 Å². The smallest absolute Gasteiger partial charge is 0.122 e. The van der Waals surface area contributed by atoms with Gasteiger partial charge in [-0.3, -0.25) is 0 Å². The van der Waals surface area contributed by atoms with E-state index in [9.17, 15) is 0 Å². The molecule has 0 aliphatic carbocycles. The van der Waals surface area contributed by atoms with Crippen LogP contribution in [-0.2, 0) is 22.6 Å².